The van der Waals surface area contributed by atoms with Crippen LogP contribution in [-0.2, 0) is 6.61 Å². The molecule has 134 valence electrons. The molecule has 0 unspecified atom stereocenters. The molecule has 26 heavy (non-hydrogen) atoms. The zero-order chi connectivity index (χ0) is 18.7. The van der Waals surface area contributed by atoms with E-state index in [1.165, 1.54) is 17.4 Å². The summed E-state index contributed by atoms with van der Waals surface area (Å²) >= 11 is 22.7. The highest BCUT2D eigenvalue weighted by Gasteiger charge is 2.11. The molecule has 8 heteroatoms. The smallest absolute Gasteiger partial charge is 0.195 e. The number of hydrogen-bond donors (Lipinski definition) is 0. The molecule has 3 aromatic rings. The fraction of sp³-hybridized carbons (Fsp3) is 0.0556. The first-order chi connectivity index (χ1) is 12.4. The molecule has 0 saturated heterocycles. The van der Waals surface area contributed by atoms with Crippen LogP contribution in [0.1, 0.15) is 21.2 Å². The number of ether oxygens (including phenoxy) is 1. The molecule has 0 saturated carbocycles. The first-order valence-corrected chi connectivity index (χ1v) is 10.1. The number of hydrogen-bond acceptors (Lipinski definition) is 4. The van der Waals surface area contributed by atoms with Gasteiger partial charge >= 0.3 is 0 Å². The lowest BCUT2D eigenvalue weighted by Gasteiger charge is -2.08. The topological polar surface area (TPSA) is 39.4 Å². The van der Waals surface area contributed by atoms with Gasteiger partial charge in [-0.1, -0.05) is 34.8 Å². The largest absolute Gasteiger partial charge is 0.483 e. The van der Waals surface area contributed by atoms with Gasteiger partial charge in [0.25, 0.3) is 0 Å². The van der Waals surface area contributed by atoms with Gasteiger partial charge in [-0.25, -0.2) is 0 Å². The molecule has 3 nitrogen and oxygen atoms in total. The summed E-state index contributed by atoms with van der Waals surface area (Å²) in [5.74, 6) is 1.36. The van der Waals surface area contributed by atoms with Gasteiger partial charge in [0.1, 0.15) is 18.1 Å². The fourth-order valence-electron chi connectivity index (χ4n) is 2.05. The van der Waals surface area contributed by atoms with Crippen LogP contribution in [0.15, 0.2) is 50.7 Å². The molecule has 0 aliphatic carbocycles. The van der Waals surface area contributed by atoms with Gasteiger partial charge in [-0.2, -0.15) is 0 Å². The Balaban J connectivity index is 1.63. The van der Waals surface area contributed by atoms with Crippen LogP contribution in [0, 0.1) is 0 Å². The molecule has 0 amide bonds. The molecular formula is C18H10BrCl3O3S. The Kier molecular flexibility index (Phi) is 6.48. The molecule has 2 aromatic heterocycles. The first kappa shape index (κ1) is 19.5. The van der Waals surface area contributed by atoms with Crippen molar-refractivity contribution < 1.29 is 13.9 Å². The summed E-state index contributed by atoms with van der Waals surface area (Å²) < 4.78 is 12.1. The van der Waals surface area contributed by atoms with Gasteiger partial charge in [0.05, 0.1) is 14.9 Å². The summed E-state index contributed by atoms with van der Waals surface area (Å²) in [7, 11) is 0. The van der Waals surface area contributed by atoms with E-state index in [-0.39, 0.29) is 12.4 Å². The minimum absolute atomic E-state index is 0.0883. The Morgan fingerprint density at radius 3 is 2.58 bits per heavy atom. The number of rotatable bonds is 6. The average Bonchev–Trinajstić information content (AvgIpc) is 3.20. The van der Waals surface area contributed by atoms with Gasteiger partial charge in [0.15, 0.2) is 11.5 Å². The molecule has 1 aromatic carbocycles. The average molecular weight is 493 g/mol. The maximum atomic E-state index is 12.0. The van der Waals surface area contributed by atoms with Gasteiger partial charge < -0.3 is 9.15 Å². The van der Waals surface area contributed by atoms with E-state index in [1.807, 2.05) is 5.38 Å². The molecule has 0 aliphatic rings. The number of furan rings is 1. The van der Waals surface area contributed by atoms with Crippen molar-refractivity contribution in [3.05, 3.63) is 77.7 Å². The van der Waals surface area contributed by atoms with Crippen molar-refractivity contribution in [2.24, 2.45) is 0 Å². The summed E-state index contributed by atoms with van der Waals surface area (Å²) in [5.41, 5.74) is 0. The fourth-order valence-corrected chi connectivity index (χ4v) is 4.33. The Hall–Kier alpha value is -1.24. The third-order valence-electron chi connectivity index (χ3n) is 3.21. The maximum Gasteiger partial charge on any atom is 0.195 e. The van der Waals surface area contributed by atoms with E-state index in [0.717, 1.165) is 4.47 Å². The molecule has 0 spiro atoms. The number of allylic oxidation sites excluding steroid dienone is 1. The predicted octanol–water partition coefficient (Wildman–Crippen LogP) is 7.54. The summed E-state index contributed by atoms with van der Waals surface area (Å²) in [6.45, 7) is 0.140. The number of carbonyl (C=O) groups is 1. The van der Waals surface area contributed by atoms with E-state index in [2.05, 4.69) is 15.9 Å². The molecule has 0 radical (unpaired) electrons. The van der Waals surface area contributed by atoms with E-state index >= 15 is 0 Å². The van der Waals surface area contributed by atoms with Crippen molar-refractivity contribution >= 4 is 73.9 Å². The minimum Gasteiger partial charge on any atom is -0.483 e. The van der Waals surface area contributed by atoms with Gasteiger partial charge in [0, 0.05) is 14.9 Å². The van der Waals surface area contributed by atoms with Crippen molar-refractivity contribution in [1.82, 2.24) is 0 Å². The van der Waals surface area contributed by atoms with Crippen molar-refractivity contribution in [2.45, 2.75) is 6.61 Å². The SMILES string of the molecule is O=C(/C=C/c1ccc(COc2c(Cl)cc(Cl)cc2Cl)o1)c1cc(Br)cs1. The Morgan fingerprint density at radius 1 is 1.19 bits per heavy atom. The number of thiophene rings is 1. The molecule has 3 rings (SSSR count). The normalized spacial score (nSPS) is 11.2. The monoisotopic (exact) mass is 490 g/mol. The number of ketones is 1. The van der Waals surface area contributed by atoms with E-state index in [9.17, 15) is 4.79 Å². The second-order valence-electron chi connectivity index (χ2n) is 5.12. The van der Waals surface area contributed by atoms with Gasteiger partial charge in [-0.05, 0) is 58.4 Å². The minimum atomic E-state index is -0.0883. The van der Waals surface area contributed by atoms with Crippen LogP contribution in [0.3, 0.4) is 0 Å². The lowest BCUT2D eigenvalue weighted by atomic mass is 10.3. The second kappa shape index (κ2) is 8.63. The quantitative estimate of drug-likeness (QED) is 0.264. The third-order valence-corrected chi connectivity index (χ3v) is 5.70. The van der Waals surface area contributed by atoms with Crippen LogP contribution < -0.4 is 4.74 Å². The van der Waals surface area contributed by atoms with Crippen molar-refractivity contribution in [3.8, 4) is 5.75 Å². The molecule has 0 aliphatic heterocycles. The van der Waals surface area contributed by atoms with E-state index in [1.54, 1.807) is 36.4 Å². The zero-order valence-electron chi connectivity index (χ0n) is 13.0. The standard InChI is InChI=1S/C18H10BrCl3O3S/c19-10-5-17(26-9-10)16(23)4-3-12-1-2-13(25-12)8-24-18-14(21)6-11(20)7-15(18)22/h1-7,9H,8H2/b4-3+. The van der Waals surface area contributed by atoms with Crippen LogP contribution >= 0.6 is 62.1 Å². The summed E-state index contributed by atoms with van der Waals surface area (Å²) in [6, 6.07) is 8.38. The Morgan fingerprint density at radius 2 is 1.92 bits per heavy atom. The number of halogens is 4. The van der Waals surface area contributed by atoms with Gasteiger partial charge in [-0.3, -0.25) is 4.79 Å². The van der Waals surface area contributed by atoms with E-state index in [4.69, 9.17) is 44.0 Å². The number of benzene rings is 1. The molecule has 0 fully saturated rings. The Bertz CT molecular complexity index is 955. The molecular weight excluding hydrogens is 483 g/mol. The maximum absolute atomic E-state index is 12.0. The number of carbonyl (C=O) groups excluding carboxylic acids is 1. The van der Waals surface area contributed by atoms with Crippen LogP contribution in [0.25, 0.3) is 6.08 Å². The highest BCUT2D eigenvalue weighted by atomic mass is 79.9. The second-order valence-corrected chi connectivity index (χ2v) is 8.20. The van der Waals surface area contributed by atoms with Crippen molar-refractivity contribution in [1.29, 1.82) is 0 Å². The summed E-state index contributed by atoms with van der Waals surface area (Å²) in [6.07, 6.45) is 3.08. The van der Waals surface area contributed by atoms with Gasteiger partial charge in [0.2, 0.25) is 0 Å². The predicted molar refractivity (Wildman–Crippen MR) is 110 cm³/mol. The zero-order valence-corrected chi connectivity index (χ0v) is 17.6. The molecule has 0 bridgehead atoms. The van der Waals surface area contributed by atoms with E-state index < -0.39 is 0 Å². The van der Waals surface area contributed by atoms with Crippen LogP contribution in [-0.4, -0.2) is 5.78 Å². The third kappa shape index (κ3) is 4.93. The van der Waals surface area contributed by atoms with E-state index in [0.29, 0.717) is 37.2 Å². The molecule has 2 heterocycles. The Labute approximate surface area is 177 Å². The van der Waals surface area contributed by atoms with Crippen LogP contribution in [0.5, 0.6) is 5.75 Å². The first-order valence-electron chi connectivity index (χ1n) is 7.25. The lowest BCUT2D eigenvalue weighted by Crippen LogP contribution is -1.95. The van der Waals surface area contributed by atoms with Crippen molar-refractivity contribution in [2.75, 3.05) is 0 Å². The van der Waals surface area contributed by atoms with Crippen LogP contribution in [0.4, 0.5) is 0 Å². The summed E-state index contributed by atoms with van der Waals surface area (Å²) in [4.78, 5) is 12.7. The lowest BCUT2D eigenvalue weighted by molar-refractivity contribution is 0.105. The van der Waals surface area contributed by atoms with Crippen LogP contribution in [0.2, 0.25) is 15.1 Å². The molecule has 0 N–H and O–H groups in total. The highest BCUT2D eigenvalue weighted by molar-refractivity contribution is 9.10. The highest BCUT2D eigenvalue weighted by Crippen LogP contribution is 2.36. The van der Waals surface area contributed by atoms with Gasteiger partial charge in [-0.15, -0.1) is 11.3 Å². The van der Waals surface area contributed by atoms with Crippen molar-refractivity contribution in [3.63, 3.8) is 0 Å². The molecule has 0 atom stereocenters. The summed E-state index contributed by atoms with van der Waals surface area (Å²) in [5, 5.41) is 2.93.